The second kappa shape index (κ2) is 5.54. The predicted octanol–water partition coefficient (Wildman–Crippen LogP) is 4.06. The van der Waals surface area contributed by atoms with Crippen molar-refractivity contribution in [2.75, 3.05) is 5.88 Å². The molecule has 0 radical (unpaired) electrons. The summed E-state index contributed by atoms with van der Waals surface area (Å²) in [5, 5.41) is 0. The van der Waals surface area contributed by atoms with E-state index in [0.717, 1.165) is 35.4 Å². The monoisotopic (exact) mass is 386 g/mol. The maximum absolute atomic E-state index is 5.88. The number of nitrogens with zero attached hydrogens (tertiary/aromatic N) is 2. The van der Waals surface area contributed by atoms with Gasteiger partial charge in [-0.1, -0.05) is 0 Å². The van der Waals surface area contributed by atoms with Crippen molar-refractivity contribution in [3.05, 3.63) is 51.7 Å². The van der Waals surface area contributed by atoms with Gasteiger partial charge >= 0.3 is 0 Å². The van der Waals surface area contributed by atoms with Crippen LogP contribution in [0.25, 0.3) is 11.0 Å². The molecule has 19 heavy (non-hydrogen) atoms. The zero-order valence-corrected chi connectivity index (χ0v) is 13.1. The Morgan fingerprint density at radius 2 is 2.21 bits per heavy atom. The van der Waals surface area contributed by atoms with Crippen LogP contribution in [-0.2, 0) is 13.0 Å². The van der Waals surface area contributed by atoms with E-state index in [1.165, 1.54) is 3.57 Å². The molecule has 0 saturated carbocycles. The van der Waals surface area contributed by atoms with Gasteiger partial charge in [-0.05, 0) is 46.9 Å². The van der Waals surface area contributed by atoms with Gasteiger partial charge in [0.25, 0.3) is 0 Å². The second-order valence-corrected chi connectivity index (χ2v) is 5.94. The van der Waals surface area contributed by atoms with E-state index in [-0.39, 0.29) is 0 Å². The quantitative estimate of drug-likeness (QED) is 0.500. The maximum Gasteiger partial charge on any atom is 0.111 e. The fourth-order valence-electron chi connectivity index (χ4n) is 2.17. The Kier molecular flexibility index (Phi) is 3.79. The summed E-state index contributed by atoms with van der Waals surface area (Å²) in [6, 6.07) is 8.28. The molecule has 0 saturated heterocycles. The molecule has 98 valence electrons. The molecule has 3 aromatic rings. The summed E-state index contributed by atoms with van der Waals surface area (Å²) < 4.78 is 8.53. The molecule has 2 aromatic heterocycles. The molecule has 0 aliphatic heterocycles. The fourth-order valence-corrected chi connectivity index (χ4v) is 2.81. The Balaban J connectivity index is 2.10. The number of alkyl halides is 1. The first kappa shape index (κ1) is 13.0. The topological polar surface area (TPSA) is 31.0 Å². The van der Waals surface area contributed by atoms with Gasteiger partial charge in [-0.3, -0.25) is 0 Å². The molecule has 0 unspecified atom stereocenters. The first-order chi connectivity index (χ1) is 9.28. The maximum atomic E-state index is 5.88. The Bertz CT molecular complexity index is 691. The Labute approximate surface area is 129 Å². The third kappa shape index (κ3) is 2.65. The van der Waals surface area contributed by atoms with Crippen LogP contribution in [0.3, 0.4) is 0 Å². The van der Waals surface area contributed by atoms with E-state index in [1.54, 1.807) is 12.5 Å². The summed E-state index contributed by atoms with van der Waals surface area (Å²) >= 11 is 8.18. The van der Waals surface area contributed by atoms with Gasteiger partial charge in [0.05, 0.1) is 30.1 Å². The van der Waals surface area contributed by atoms with Crippen molar-refractivity contribution in [2.45, 2.75) is 13.0 Å². The molecule has 5 heteroatoms. The zero-order chi connectivity index (χ0) is 13.2. The second-order valence-electron chi connectivity index (χ2n) is 4.32. The molecular weight excluding hydrogens is 375 g/mol. The van der Waals surface area contributed by atoms with Gasteiger partial charge in [0, 0.05) is 21.4 Å². The molecule has 0 atom stereocenters. The van der Waals surface area contributed by atoms with Crippen molar-refractivity contribution >= 4 is 45.2 Å². The standard InChI is InChI=1S/C14H12ClIN2O/c15-5-3-14-17-12-7-11(16)1-2-13(12)18(14)8-10-4-6-19-9-10/h1-2,4,6-7,9H,3,5,8H2. The molecule has 0 bridgehead atoms. The van der Waals surface area contributed by atoms with Crippen LogP contribution in [-0.4, -0.2) is 15.4 Å². The highest BCUT2D eigenvalue weighted by atomic mass is 127. The largest absolute Gasteiger partial charge is 0.472 e. The van der Waals surface area contributed by atoms with Crippen LogP contribution >= 0.6 is 34.2 Å². The SMILES string of the molecule is ClCCc1nc2cc(I)ccc2n1Cc1ccoc1. The molecular formula is C14H12ClIN2O. The average Bonchev–Trinajstić information content (AvgIpc) is 2.99. The summed E-state index contributed by atoms with van der Waals surface area (Å²) in [7, 11) is 0. The highest BCUT2D eigenvalue weighted by Crippen LogP contribution is 2.21. The van der Waals surface area contributed by atoms with Gasteiger partial charge in [-0.25, -0.2) is 4.98 Å². The molecule has 2 heterocycles. The lowest BCUT2D eigenvalue weighted by atomic mass is 10.3. The third-order valence-corrected chi connectivity index (χ3v) is 3.89. The van der Waals surface area contributed by atoms with Crippen LogP contribution < -0.4 is 0 Å². The molecule has 0 spiro atoms. The Morgan fingerprint density at radius 1 is 1.32 bits per heavy atom. The van der Waals surface area contributed by atoms with Crippen LogP contribution in [0.1, 0.15) is 11.4 Å². The van der Waals surface area contributed by atoms with E-state index in [2.05, 4.69) is 50.3 Å². The number of rotatable bonds is 4. The molecule has 0 aliphatic rings. The number of imidazole rings is 1. The van der Waals surface area contributed by atoms with Gasteiger partial charge in [-0.15, -0.1) is 11.6 Å². The summed E-state index contributed by atoms with van der Waals surface area (Å²) in [5.41, 5.74) is 3.30. The van der Waals surface area contributed by atoms with E-state index in [4.69, 9.17) is 16.0 Å². The lowest BCUT2D eigenvalue weighted by molar-refractivity contribution is 0.562. The number of fused-ring (bicyclic) bond motifs is 1. The number of furan rings is 1. The smallest absolute Gasteiger partial charge is 0.111 e. The van der Waals surface area contributed by atoms with E-state index in [0.29, 0.717) is 5.88 Å². The van der Waals surface area contributed by atoms with E-state index >= 15 is 0 Å². The van der Waals surface area contributed by atoms with Crippen molar-refractivity contribution in [1.29, 1.82) is 0 Å². The minimum absolute atomic E-state index is 0.575. The zero-order valence-electron chi connectivity index (χ0n) is 10.1. The number of aryl methyl sites for hydroxylation is 1. The molecule has 3 rings (SSSR count). The Morgan fingerprint density at radius 3 is 2.95 bits per heavy atom. The average molecular weight is 387 g/mol. The minimum Gasteiger partial charge on any atom is -0.472 e. The van der Waals surface area contributed by atoms with Crippen molar-refractivity contribution in [3.63, 3.8) is 0 Å². The van der Waals surface area contributed by atoms with Crippen molar-refractivity contribution < 1.29 is 4.42 Å². The van der Waals surface area contributed by atoms with Gasteiger partial charge in [0.2, 0.25) is 0 Å². The molecule has 3 nitrogen and oxygen atoms in total. The van der Waals surface area contributed by atoms with Crippen molar-refractivity contribution in [1.82, 2.24) is 9.55 Å². The summed E-state index contributed by atoms with van der Waals surface area (Å²) in [4.78, 5) is 4.69. The summed E-state index contributed by atoms with van der Waals surface area (Å²) in [5.74, 6) is 1.60. The first-order valence-electron chi connectivity index (χ1n) is 5.99. The number of benzene rings is 1. The molecule has 1 aromatic carbocycles. The number of hydrogen-bond acceptors (Lipinski definition) is 2. The number of hydrogen-bond donors (Lipinski definition) is 0. The van der Waals surface area contributed by atoms with E-state index < -0.39 is 0 Å². The van der Waals surface area contributed by atoms with Crippen molar-refractivity contribution in [2.24, 2.45) is 0 Å². The molecule has 0 amide bonds. The van der Waals surface area contributed by atoms with Crippen LogP contribution in [0, 0.1) is 3.57 Å². The van der Waals surface area contributed by atoms with Crippen LogP contribution in [0.5, 0.6) is 0 Å². The van der Waals surface area contributed by atoms with E-state index in [1.807, 2.05) is 6.07 Å². The number of halogens is 2. The van der Waals surface area contributed by atoms with Crippen LogP contribution in [0.2, 0.25) is 0 Å². The highest BCUT2D eigenvalue weighted by Gasteiger charge is 2.11. The normalized spacial score (nSPS) is 11.3. The van der Waals surface area contributed by atoms with Gasteiger partial charge in [0.1, 0.15) is 5.82 Å². The van der Waals surface area contributed by atoms with Gasteiger partial charge < -0.3 is 8.98 Å². The van der Waals surface area contributed by atoms with Crippen LogP contribution in [0.4, 0.5) is 0 Å². The van der Waals surface area contributed by atoms with Crippen LogP contribution in [0.15, 0.2) is 41.2 Å². The minimum atomic E-state index is 0.575. The van der Waals surface area contributed by atoms with Crippen molar-refractivity contribution in [3.8, 4) is 0 Å². The number of aromatic nitrogens is 2. The Hall–Kier alpha value is -1.01. The third-order valence-electron chi connectivity index (χ3n) is 3.03. The lowest BCUT2D eigenvalue weighted by Crippen LogP contribution is -2.05. The first-order valence-corrected chi connectivity index (χ1v) is 7.61. The highest BCUT2D eigenvalue weighted by molar-refractivity contribution is 14.1. The molecule has 0 fully saturated rings. The fraction of sp³-hybridized carbons (Fsp3) is 0.214. The van der Waals surface area contributed by atoms with Gasteiger partial charge in [0.15, 0.2) is 0 Å². The lowest BCUT2D eigenvalue weighted by Gasteiger charge is -2.06. The molecule has 0 aliphatic carbocycles. The molecule has 0 N–H and O–H groups in total. The summed E-state index contributed by atoms with van der Waals surface area (Å²) in [6.45, 7) is 0.764. The van der Waals surface area contributed by atoms with E-state index in [9.17, 15) is 0 Å². The summed E-state index contributed by atoms with van der Waals surface area (Å²) in [6.07, 6.45) is 4.23. The van der Waals surface area contributed by atoms with Gasteiger partial charge in [-0.2, -0.15) is 0 Å². The predicted molar refractivity (Wildman–Crippen MR) is 84.7 cm³/mol.